The normalized spacial score (nSPS) is 12.6. The van der Waals surface area contributed by atoms with Gasteiger partial charge in [0.05, 0.1) is 17.1 Å². The summed E-state index contributed by atoms with van der Waals surface area (Å²) >= 11 is 1.67. The zero-order valence-corrected chi connectivity index (χ0v) is 11.0. The second-order valence-electron chi connectivity index (χ2n) is 3.98. The Kier molecular flexibility index (Phi) is 4.22. The Morgan fingerprint density at radius 1 is 1.56 bits per heavy atom. The Hall–Kier alpha value is -1.53. The minimum Gasteiger partial charge on any atom is -0.324 e. The number of imidazole rings is 1. The molecule has 0 saturated heterocycles. The fraction of sp³-hybridized carbons (Fsp3) is 0.333. The summed E-state index contributed by atoms with van der Waals surface area (Å²) in [6.07, 6.45) is 2.65. The van der Waals surface area contributed by atoms with Crippen molar-refractivity contribution in [3.8, 4) is 0 Å². The van der Waals surface area contributed by atoms with Crippen molar-refractivity contribution >= 4 is 34.7 Å². The summed E-state index contributed by atoms with van der Waals surface area (Å²) in [5.74, 6) is 1.11. The highest BCUT2D eigenvalue weighted by Crippen LogP contribution is 2.13. The molecule has 0 aliphatic rings. The third kappa shape index (κ3) is 3.02. The van der Waals surface area contributed by atoms with Gasteiger partial charge in [0.2, 0.25) is 11.9 Å². The lowest BCUT2D eigenvalue weighted by molar-refractivity contribution is -0.117. The number of nitrogens with one attached hydrogen (secondary N) is 2. The molecule has 1 aromatic carbocycles. The fourth-order valence-corrected chi connectivity index (χ4v) is 2.09. The molecule has 0 aliphatic heterocycles. The van der Waals surface area contributed by atoms with Gasteiger partial charge in [0.15, 0.2) is 0 Å². The quantitative estimate of drug-likeness (QED) is 0.765. The van der Waals surface area contributed by atoms with E-state index in [0.29, 0.717) is 12.4 Å². The van der Waals surface area contributed by atoms with Gasteiger partial charge in [-0.3, -0.25) is 10.1 Å². The van der Waals surface area contributed by atoms with Crippen molar-refractivity contribution in [1.29, 1.82) is 0 Å². The molecule has 5 nitrogen and oxygen atoms in total. The molecule has 0 saturated carbocycles. The average molecular weight is 264 g/mol. The van der Waals surface area contributed by atoms with Gasteiger partial charge in [0.1, 0.15) is 0 Å². The van der Waals surface area contributed by atoms with Crippen molar-refractivity contribution < 1.29 is 4.79 Å². The number of nitrogens with zero attached hydrogens (tertiary/aromatic N) is 1. The van der Waals surface area contributed by atoms with E-state index in [-0.39, 0.29) is 5.91 Å². The monoisotopic (exact) mass is 264 g/mol. The van der Waals surface area contributed by atoms with Crippen molar-refractivity contribution in [3.05, 3.63) is 24.3 Å². The zero-order chi connectivity index (χ0) is 13.0. The summed E-state index contributed by atoms with van der Waals surface area (Å²) in [5.41, 5.74) is 7.50. The molecule has 1 atom stereocenters. The van der Waals surface area contributed by atoms with Gasteiger partial charge in [-0.2, -0.15) is 11.8 Å². The van der Waals surface area contributed by atoms with Crippen LogP contribution in [-0.2, 0) is 4.79 Å². The Morgan fingerprint density at radius 2 is 2.33 bits per heavy atom. The van der Waals surface area contributed by atoms with Crippen LogP contribution < -0.4 is 11.1 Å². The maximum absolute atomic E-state index is 11.8. The van der Waals surface area contributed by atoms with E-state index in [1.165, 1.54) is 0 Å². The number of aromatic nitrogens is 2. The number of hydrogen-bond donors (Lipinski definition) is 3. The molecule has 2 aromatic rings. The standard InChI is InChI=1S/C12H16N4OS/c1-18-7-6-8(13)11(17)16-12-14-9-4-2-3-5-10(9)15-12/h2-5,8H,6-7,13H2,1H3,(H2,14,15,16,17)/t8-/m1/s1. The third-order valence-electron chi connectivity index (χ3n) is 2.60. The third-order valence-corrected chi connectivity index (χ3v) is 3.24. The van der Waals surface area contributed by atoms with E-state index in [1.54, 1.807) is 11.8 Å². The van der Waals surface area contributed by atoms with Crippen LogP contribution in [0.25, 0.3) is 11.0 Å². The lowest BCUT2D eigenvalue weighted by Crippen LogP contribution is -2.36. The number of carbonyl (C=O) groups excluding carboxylic acids is 1. The Balaban J connectivity index is 2.02. The summed E-state index contributed by atoms with van der Waals surface area (Å²) < 4.78 is 0. The molecular formula is C12H16N4OS. The van der Waals surface area contributed by atoms with Crippen molar-refractivity contribution in [1.82, 2.24) is 9.97 Å². The number of para-hydroxylation sites is 2. The largest absolute Gasteiger partial charge is 0.324 e. The topological polar surface area (TPSA) is 83.8 Å². The predicted molar refractivity (Wildman–Crippen MR) is 75.7 cm³/mol. The molecule has 1 amide bonds. The van der Waals surface area contributed by atoms with Crippen molar-refractivity contribution in [2.45, 2.75) is 12.5 Å². The van der Waals surface area contributed by atoms with E-state index in [1.807, 2.05) is 30.5 Å². The van der Waals surface area contributed by atoms with Crippen LogP contribution in [0.1, 0.15) is 6.42 Å². The number of anilines is 1. The first-order valence-electron chi connectivity index (χ1n) is 5.71. The summed E-state index contributed by atoms with van der Waals surface area (Å²) in [5, 5.41) is 2.70. The highest BCUT2D eigenvalue weighted by atomic mass is 32.2. The van der Waals surface area contributed by atoms with Gasteiger partial charge in [-0.25, -0.2) is 4.98 Å². The fourth-order valence-electron chi connectivity index (χ4n) is 1.60. The smallest absolute Gasteiger partial charge is 0.243 e. The van der Waals surface area contributed by atoms with E-state index >= 15 is 0 Å². The summed E-state index contributed by atoms with van der Waals surface area (Å²) in [4.78, 5) is 19.1. The number of carbonyl (C=O) groups is 1. The summed E-state index contributed by atoms with van der Waals surface area (Å²) in [6, 6.07) is 7.11. The number of nitrogens with two attached hydrogens (primary N) is 1. The number of fused-ring (bicyclic) bond motifs is 1. The van der Waals surface area contributed by atoms with Gasteiger partial charge < -0.3 is 10.7 Å². The number of benzene rings is 1. The maximum Gasteiger partial charge on any atom is 0.243 e. The van der Waals surface area contributed by atoms with Crippen LogP contribution in [0.3, 0.4) is 0 Å². The number of thioether (sulfide) groups is 1. The molecule has 1 heterocycles. The van der Waals surface area contributed by atoms with Crippen LogP contribution in [0.4, 0.5) is 5.95 Å². The molecule has 4 N–H and O–H groups in total. The highest BCUT2D eigenvalue weighted by molar-refractivity contribution is 7.98. The molecular weight excluding hydrogens is 248 g/mol. The molecule has 1 aromatic heterocycles. The predicted octanol–water partition coefficient (Wildman–Crippen LogP) is 1.58. The molecule has 2 rings (SSSR count). The van der Waals surface area contributed by atoms with E-state index in [9.17, 15) is 4.79 Å². The number of hydrogen-bond acceptors (Lipinski definition) is 4. The van der Waals surface area contributed by atoms with Gasteiger partial charge in [0.25, 0.3) is 0 Å². The number of amides is 1. The van der Waals surface area contributed by atoms with Crippen molar-refractivity contribution in [2.75, 3.05) is 17.3 Å². The van der Waals surface area contributed by atoms with Gasteiger partial charge in [-0.15, -0.1) is 0 Å². The highest BCUT2D eigenvalue weighted by Gasteiger charge is 2.14. The Morgan fingerprint density at radius 3 is 3.06 bits per heavy atom. The molecule has 6 heteroatoms. The second kappa shape index (κ2) is 5.88. The van der Waals surface area contributed by atoms with Crippen molar-refractivity contribution in [3.63, 3.8) is 0 Å². The molecule has 0 unspecified atom stereocenters. The van der Waals surface area contributed by atoms with Crippen LogP contribution in [0.2, 0.25) is 0 Å². The van der Waals surface area contributed by atoms with Gasteiger partial charge in [-0.1, -0.05) is 12.1 Å². The first-order valence-corrected chi connectivity index (χ1v) is 7.10. The minimum atomic E-state index is -0.495. The molecule has 0 bridgehead atoms. The van der Waals surface area contributed by atoms with Crippen LogP contribution in [0.5, 0.6) is 0 Å². The number of aromatic amines is 1. The minimum absolute atomic E-state index is 0.205. The first kappa shape index (κ1) is 12.9. The van der Waals surface area contributed by atoms with E-state index in [0.717, 1.165) is 16.8 Å². The SMILES string of the molecule is CSCC[C@@H](N)C(=O)Nc1nc2ccccc2[nH]1. The molecule has 0 radical (unpaired) electrons. The van der Waals surface area contributed by atoms with Crippen LogP contribution in [0.15, 0.2) is 24.3 Å². The lowest BCUT2D eigenvalue weighted by atomic mass is 10.2. The summed E-state index contributed by atoms with van der Waals surface area (Å²) in [6.45, 7) is 0. The van der Waals surface area contributed by atoms with Crippen LogP contribution >= 0.6 is 11.8 Å². The molecule has 0 aliphatic carbocycles. The molecule has 18 heavy (non-hydrogen) atoms. The lowest BCUT2D eigenvalue weighted by Gasteiger charge is -2.09. The first-order chi connectivity index (χ1) is 8.70. The maximum atomic E-state index is 11.8. The number of rotatable bonds is 5. The molecule has 0 fully saturated rings. The zero-order valence-electron chi connectivity index (χ0n) is 10.1. The van der Waals surface area contributed by atoms with Gasteiger partial charge >= 0.3 is 0 Å². The second-order valence-corrected chi connectivity index (χ2v) is 4.97. The molecule has 0 spiro atoms. The van der Waals surface area contributed by atoms with Crippen molar-refractivity contribution in [2.24, 2.45) is 5.73 Å². The average Bonchev–Trinajstić information content (AvgIpc) is 2.77. The van der Waals surface area contributed by atoms with Crippen LogP contribution in [0, 0.1) is 0 Å². The van der Waals surface area contributed by atoms with E-state index in [4.69, 9.17) is 5.73 Å². The van der Waals surface area contributed by atoms with E-state index in [2.05, 4.69) is 15.3 Å². The van der Waals surface area contributed by atoms with E-state index < -0.39 is 6.04 Å². The Labute approximate surface area is 110 Å². The summed E-state index contributed by atoms with van der Waals surface area (Å²) in [7, 11) is 0. The van der Waals surface area contributed by atoms with Gasteiger partial charge in [-0.05, 0) is 30.6 Å². The van der Waals surface area contributed by atoms with Crippen LogP contribution in [-0.4, -0.2) is 33.9 Å². The van der Waals surface area contributed by atoms with Gasteiger partial charge in [0, 0.05) is 0 Å². The Bertz CT molecular complexity index is 507. The number of H-pyrrole nitrogens is 1. The molecule has 96 valence electrons.